The van der Waals surface area contributed by atoms with Crippen molar-refractivity contribution in [2.45, 2.75) is 44.4 Å². The van der Waals surface area contributed by atoms with Gasteiger partial charge in [-0.3, -0.25) is 4.98 Å². The van der Waals surface area contributed by atoms with E-state index in [1.807, 2.05) is 12.1 Å². The van der Waals surface area contributed by atoms with Crippen LogP contribution in [0.15, 0.2) is 66.9 Å². The average Bonchev–Trinajstić information content (AvgIpc) is 2.80. The molecule has 8 heteroatoms. The zero-order valence-corrected chi connectivity index (χ0v) is 17.9. The molecular formula is C25H24F3N3O2. The summed E-state index contributed by atoms with van der Waals surface area (Å²) in [6.07, 6.45) is 3.19. The number of aromatic nitrogens is 1. The molecule has 1 saturated carbocycles. The molecular weight excluding hydrogens is 431 g/mol. The van der Waals surface area contributed by atoms with Crippen molar-refractivity contribution in [1.29, 1.82) is 0 Å². The molecule has 5 nitrogen and oxygen atoms in total. The highest BCUT2D eigenvalue weighted by Gasteiger charge is 2.31. The van der Waals surface area contributed by atoms with E-state index in [9.17, 15) is 18.0 Å². The summed E-state index contributed by atoms with van der Waals surface area (Å²) in [7, 11) is 0. The summed E-state index contributed by atoms with van der Waals surface area (Å²) in [5, 5.41) is 5.36. The van der Waals surface area contributed by atoms with Crippen LogP contribution in [0.2, 0.25) is 0 Å². The van der Waals surface area contributed by atoms with Crippen LogP contribution in [0.4, 0.5) is 29.3 Å². The van der Waals surface area contributed by atoms with Gasteiger partial charge in [0.1, 0.15) is 5.75 Å². The summed E-state index contributed by atoms with van der Waals surface area (Å²) in [4.78, 5) is 16.9. The molecule has 0 atom stereocenters. The Bertz CT molecular complexity index is 1080. The van der Waals surface area contributed by atoms with E-state index < -0.39 is 12.4 Å². The Labute approximate surface area is 190 Å². The molecule has 1 heterocycles. The highest BCUT2D eigenvalue weighted by atomic mass is 19.4. The number of nitrogens with one attached hydrogen (secondary N) is 2. The third kappa shape index (κ3) is 6.25. The molecule has 2 aromatic carbocycles. The first kappa shape index (κ1) is 22.6. The highest BCUT2D eigenvalue weighted by molar-refractivity contribution is 6.01. The van der Waals surface area contributed by atoms with Crippen molar-refractivity contribution < 1.29 is 22.7 Å². The number of carbonyl (C=O) groups excluding carboxylic acids is 1. The number of hydrogen-bond donors (Lipinski definition) is 2. The molecule has 33 heavy (non-hydrogen) atoms. The molecule has 0 saturated heterocycles. The van der Waals surface area contributed by atoms with E-state index in [2.05, 4.69) is 32.5 Å². The minimum absolute atomic E-state index is 0.323. The Kier molecular flexibility index (Phi) is 6.82. The Balaban J connectivity index is 1.42. The largest absolute Gasteiger partial charge is 0.573 e. The van der Waals surface area contributed by atoms with Crippen LogP contribution in [0.5, 0.6) is 5.75 Å². The zero-order valence-electron chi connectivity index (χ0n) is 17.9. The molecule has 1 fully saturated rings. The van der Waals surface area contributed by atoms with E-state index in [-0.39, 0.29) is 5.75 Å². The summed E-state index contributed by atoms with van der Waals surface area (Å²) in [6.45, 7) is 0. The molecule has 1 aliphatic carbocycles. The number of amides is 2. The number of hydrogen-bond acceptors (Lipinski definition) is 3. The second kappa shape index (κ2) is 9.94. The highest BCUT2D eigenvalue weighted by Crippen LogP contribution is 2.34. The van der Waals surface area contributed by atoms with E-state index in [1.54, 1.807) is 18.3 Å². The molecule has 2 N–H and O–H groups in total. The third-order valence-corrected chi connectivity index (χ3v) is 5.66. The lowest BCUT2D eigenvalue weighted by molar-refractivity contribution is -0.274. The van der Waals surface area contributed by atoms with Crippen LogP contribution in [0.3, 0.4) is 0 Å². The first-order chi connectivity index (χ1) is 15.9. The standard InChI is InChI=1S/C25H24F3N3O2/c26-25(27,28)33-21-14-12-20(13-15-21)30-24(32)31-22-7-4-16-29-23(22)19-10-8-18(9-11-19)17-5-2-1-3-6-17/h4,7-17H,1-3,5-6H2,(H2,30,31,32). The van der Waals surface area contributed by atoms with Crippen LogP contribution >= 0.6 is 0 Å². The van der Waals surface area contributed by atoms with Crippen molar-refractivity contribution in [3.8, 4) is 17.0 Å². The molecule has 0 spiro atoms. The van der Waals surface area contributed by atoms with E-state index in [4.69, 9.17) is 0 Å². The van der Waals surface area contributed by atoms with Gasteiger partial charge in [0, 0.05) is 17.4 Å². The van der Waals surface area contributed by atoms with Crippen LogP contribution in [0.1, 0.15) is 43.6 Å². The zero-order chi connectivity index (χ0) is 23.3. The van der Waals surface area contributed by atoms with Gasteiger partial charge in [0.2, 0.25) is 0 Å². The molecule has 0 bridgehead atoms. The summed E-state index contributed by atoms with van der Waals surface area (Å²) in [6, 6.07) is 16.2. The van der Waals surface area contributed by atoms with Crippen LogP contribution in [0, 0.1) is 0 Å². The average molecular weight is 455 g/mol. The second-order valence-electron chi connectivity index (χ2n) is 8.01. The van der Waals surface area contributed by atoms with Crippen molar-refractivity contribution in [3.63, 3.8) is 0 Å². The first-order valence-corrected chi connectivity index (χ1v) is 10.9. The van der Waals surface area contributed by atoms with E-state index in [0.717, 1.165) is 17.7 Å². The minimum Gasteiger partial charge on any atom is -0.406 e. The van der Waals surface area contributed by atoms with Gasteiger partial charge in [0.25, 0.3) is 0 Å². The van der Waals surface area contributed by atoms with Gasteiger partial charge in [0.05, 0.1) is 11.4 Å². The van der Waals surface area contributed by atoms with Gasteiger partial charge in [-0.25, -0.2) is 4.79 Å². The van der Waals surface area contributed by atoms with E-state index in [1.165, 1.54) is 49.8 Å². The van der Waals surface area contributed by atoms with Gasteiger partial charge in [0.15, 0.2) is 0 Å². The lowest BCUT2D eigenvalue weighted by atomic mass is 9.84. The summed E-state index contributed by atoms with van der Waals surface area (Å²) < 4.78 is 40.7. The molecule has 0 radical (unpaired) electrons. The lowest BCUT2D eigenvalue weighted by Crippen LogP contribution is -2.20. The molecule has 3 aromatic rings. The van der Waals surface area contributed by atoms with Gasteiger partial charge in [-0.05, 0) is 60.7 Å². The van der Waals surface area contributed by atoms with Gasteiger partial charge in [-0.2, -0.15) is 0 Å². The summed E-state index contributed by atoms with van der Waals surface area (Å²) in [5.74, 6) is 0.243. The molecule has 0 unspecified atom stereocenters. The molecule has 172 valence electrons. The van der Waals surface area contributed by atoms with Crippen molar-refractivity contribution in [1.82, 2.24) is 4.98 Å². The van der Waals surface area contributed by atoms with Crippen molar-refractivity contribution in [3.05, 3.63) is 72.4 Å². The van der Waals surface area contributed by atoms with Gasteiger partial charge in [-0.1, -0.05) is 43.5 Å². The number of halogens is 3. The number of alkyl halides is 3. The van der Waals surface area contributed by atoms with Crippen LogP contribution in [-0.4, -0.2) is 17.4 Å². The van der Waals surface area contributed by atoms with Gasteiger partial charge in [-0.15, -0.1) is 13.2 Å². The number of ether oxygens (including phenoxy) is 1. The molecule has 4 rings (SSSR count). The summed E-state index contributed by atoms with van der Waals surface area (Å²) in [5.41, 5.74) is 3.71. The number of rotatable bonds is 5. The molecule has 1 aliphatic rings. The molecule has 0 aliphatic heterocycles. The predicted molar refractivity (Wildman–Crippen MR) is 121 cm³/mol. The number of anilines is 2. The molecule has 1 aromatic heterocycles. The Morgan fingerprint density at radius 1 is 0.909 bits per heavy atom. The van der Waals surface area contributed by atoms with Crippen molar-refractivity contribution >= 4 is 17.4 Å². The third-order valence-electron chi connectivity index (χ3n) is 5.66. The topological polar surface area (TPSA) is 63.2 Å². The number of pyridine rings is 1. The number of urea groups is 1. The van der Waals surface area contributed by atoms with Crippen LogP contribution in [-0.2, 0) is 0 Å². The number of nitrogens with zero attached hydrogens (tertiary/aromatic N) is 1. The quantitative estimate of drug-likeness (QED) is 0.423. The van der Waals surface area contributed by atoms with Gasteiger partial charge >= 0.3 is 12.4 Å². The molecule has 2 amide bonds. The normalized spacial score (nSPS) is 14.5. The predicted octanol–water partition coefficient (Wildman–Crippen LogP) is 7.34. The second-order valence-corrected chi connectivity index (χ2v) is 8.01. The Hall–Kier alpha value is -3.55. The maximum absolute atomic E-state index is 12.5. The number of benzene rings is 2. The Morgan fingerprint density at radius 2 is 1.61 bits per heavy atom. The van der Waals surface area contributed by atoms with Crippen LogP contribution < -0.4 is 15.4 Å². The lowest BCUT2D eigenvalue weighted by Gasteiger charge is -2.22. The van der Waals surface area contributed by atoms with E-state index >= 15 is 0 Å². The number of carbonyl (C=O) groups is 1. The SMILES string of the molecule is O=C(Nc1ccc(OC(F)(F)F)cc1)Nc1cccnc1-c1ccc(C2CCCCC2)cc1. The van der Waals surface area contributed by atoms with Crippen LogP contribution in [0.25, 0.3) is 11.3 Å². The fourth-order valence-electron chi connectivity index (χ4n) is 4.11. The van der Waals surface area contributed by atoms with Gasteiger partial charge < -0.3 is 15.4 Å². The maximum atomic E-state index is 12.5. The Morgan fingerprint density at radius 3 is 2.27 bits per heavy atom. The first-order valence-electron chi connectivity index (χ1n) is 10.9. The monoisotopic (exact) mass is 455 g/mol. The summed E-state index contributed by atoms with van der Waals surface area (Å²) >= 11 is 0. The van der Waals surface area contributed by atoms with Crippen molar-refractivity contribution in [2.24, 2.45) is 0 Å². The fraction of sp³-hybridized carbons (Fsp3) is 0.280. The van der Waals surface area contributed by atoms with Crippen molar-refractivity contribution in [2.75, 3.05) is 10.6 Å². The van der Waals surface area contributed by atoms with E-state index in [0.29, 0.717) is 23.0 Å². The maximum Gasteiger partial charge on any atom is 0.573 e. The minimum atomic E-state index is -4.77. The smallest absolute Gasteiger partial charge is 0.406 e. The fourth-order valence-corrected chi connectivity index (χ4v) is 4.11.